The van der Waals surface area contributed by atoms with Gasteiger partial charge in [-0.25, -0.2) is 4.79 Å². The Hall–Kier alpha value is -3.10. The number of nitrogens with zero attached hydrogens (tertiary/aromatic N) is 2. The summed E-state index contributed by atoms with van der Waals surface area (Å²) in [6, 6.07) is 6.93. The number of urea groups is 1. The van der Waals surface area contributed by atoms with Crippen LogP contribution in [0.4, 0.5) is 4.79 Å². The van der Waals surface area contributed by atoms with Gasteiger partial charge in [0.1, 0.15) is 12.1 Å². The summed E-state index contributed by atoms with van der Waals surface area (Å²) < 4.78 is 0. The van der Waals surface area contributed by atoms with E-state index in [1.54, 1.807) is 29.2 Å². The van der Waals surface area contributed by atoms with E-state index in [4.69, 9.17) is 0 Å². The predicted molar refractivity (Wildman–Crippen MR) is 111 cm³/mol. The van der Waals surface area contributed by atoms with Crippen LogP contribution in [-0.2, 0) is 9.59 Å². The summed E-state index contributed by atoms with van der Waals surface area (Å²) in [7, 11) is 0. The van der Waals surface area contributed by atoms with E-state index in [1.807, 2.05) is 19.9 Å². The molecule has 0 saturated carbocycles. The zero-order valence-electron chi connectivity index (χ0n) is 17.4. The van der Waals surface area contributed by atoms with Crippen LogP contribution in [0.3, 0.4) is 0 Å². The second-order valence-corrected chi connectivity index (χ2v) is 7.93. The molecule has 0 spiro atoms. The molecule has 0 bridgehead atoms. The fourth-order valence-electron chi connectivity index (χ4n) is 3.70. The standard InChI is InChI=1S/C21H29N5O4/c1-14(2)23-21(30)25-11-12-26(20(29)15-7-4-3-5-8-15)17(13-25)19(28)24-16-9-6-10-22-18(16)27/h3-5,7-8,14,16-17H,6,9-13H2,1-2H3,(H,22,27)(H,23,30)(H,24,28)/t16-,17-/m0/s1. The number of benzene rings is 1. The molecule has 2 aliphatic heterocycles. The maximum atomic E-state index is 13.1. The molecule has 2 fully saturated rings. The van der Waals surface area contributed by atoms with E-state index in [0.29, 0.717) is 25.1 Å². The molecule has 1 aromatic rings. The molecule has 0 unspecified atom stereocenters. The molecule has 9 nitrogen and oxygen atoms in total. The second kappa shape index (κ2) is 9.60. The summed E-state index contributed by atoms with van der Waals surface area (Å²) >= 11 is 0. The van der Waals surface area contributed by atoms with Gasteiger partial charge in [-0.3, -0.25) is 14.4 Å². The van der Waals surface area contributed by atoms with Gasteiger partial charge < -0.3 is 25.8 Å². The van der Waals surface area contributed by atoms with Crippen LogP contribution in [0.2, 0.25) is 0 Å². The minimum Gasteiger partial charge on any atom is -0.354 e. The molecule has 0 aliphatic carbocycles. The average molecular weight is 415 g/mol. The van der Waals surface area contributed by atoms with Crippen molar-refractivity contribution in [1.82, 2.24) is 25.8 Å². The fraction of sp³-hybridized carbons (Fsp3) is 0.524. The highest BCUT2D eigenvalue weighted by Crippen LogP contribution is 2.16. The van der Waals surface area contributed by atoms with E-state index in [1.165, 1.54) is 4.90 Å². The number of hydrogen-bond donors (Lipinski definition) is 3. The third-order valence-corrected chi connectivity index (χ3v) is 5.27. The lowest BCUT2D eigenvalue weighted by molar-refractivity contribution is -0.133. The van der Waals surface area contributed by atoms with Crippen LogP contribution in [-0.4, -0.2) is 77.9 Å². The number of rotatable bonds is 4. The van der Waals surface area contributed by atoms with E-state index in [9.17, 15) is 19.2 Å². The van der Waals surface area contributed by atoms with Crippen LogP contribution >= 0.6 is 0 Å². The molecule has 30 heavy (non-hydrogen) atoms. The highest BCUT2D eigenvalue weighted by atomic mass is 16.2. The molecular weight excluding hydrogens is 386 g/mol. The van der Waals surface area contributed by atoms with E-state index in [-0.39, 0.29) is 37.0 Å². The molecule has 2 saturated heterocycles. The first kappa shape index (κ1) is 21.6. The predicted octanol–water partition coefficient (Wildman–Crippen LogP) is 0.326. The summed E-state index contributed by atoms with van der Waals surface area (Å²) in [5.41, 5.74) is 0.478. The van der Waals surface area contributed by atoms with Gasteiger partial charge >= 0.3 is 6.03 Å². The third-order valence-electron chi connectivity index (χ3n) is 5.27. The Bertz CT molecular complexity index is 798. The highest BCUT2D eigenvalue weighted by Gasteiger charge is 2.39. The van der Waals surface area contributed by atoms with Crippen LogP contribution in [0, 0.1) is 0 Å². The fourth-order valence-corrected chi connectivity index (χ4v) is 3.70. The van der Waals surface area contributed by atoms with Gasteiger partial charge in [-0.1, -0.05) is 18.2 Å². The maximum absolute atomic E-state index is 13.1. The molecule has 5 amide bonds. The van der Waals surface area contributed by atoms with Gasteiger partial charge in [0.2, 0.25) is 11.8 Å². The second-order valence-electron chi connectivity index (χ2n) is 7.93. The average Bonchev–Trinajstić information content (AvgIpc) is 2.74. The minimum atomic E-state index is -0.876. The molecule has 0 radical (unpaired) electrons. The van der Waals surface area contributed by atoms with E-state index >= 15 is 0 Å². The number of carbonyl (C=O) groups excluding carboxylic acids is 4. The summed E-state index contributed by atoms with van der Waals surface area (Å²) in [4.78, 5) is 53.8. The lowest BCUT2D eigenvalue weighted by atomic mass is 10.0. The van der Waals surface area contributed by atoms with Gasteiger partial charge in [-0.15, -0.1) is 0 Å². The van der Waals surface area contributed by atoms with Crippen molar-refractivity contribution in [2.75, 3.05) is 26.2 Å². The number of piperazine rings is 1. The number of nitrogens with one attached hydrogen (secondary N) is 3. The maximum Gasteiger partial charge on any atom is 0.317 e. The molecule has 1 aromatic carbocycles. The number of carbonyl (C=O) groups is 4. The van der Waals surface area contributed by atoms with Crippen LogP contribution in [0.5, 0.6) is 0 Å². The minimum absolute atomic E-state index is 0.0420. The summed E-state index contributed by atoms with van der Waals surface area (Å²) in [5.74, 6) is -0.920. The van der Waals surface area contributed by atoms with Crippen molar-refractivity contribution in [1.29, 1.82) is 0 Å². The Kier molecular flexibility index (Phi) is 6.91. The first-order chi connectivity index (χ1) is 14.4. The van der Waals surface area contributed by atoms with Crippen LogP contribution < -0.4 is 16.0 Å². The summed E-state index contributed by atoms with van der Waals surface area (Å²) in [6.07, 6.45) is 1.32. The molecule has 3 rings (SSSR count). The first-order valence-electron chi connectivity index (χ1n) is 10.4. The van der Waals surface area contributed by atoms with Gasteiger partial charge in [-0.05, 0) is 38.8 Å². The SMILES string of the molecule is CC(C)NC(=O)N1CCN(C(=O)c2ccccc2)[C@H](C(=O)N[C@H]2CCCNC2=O)C1. The summed E-state index contributed by atoms with van der Waals surface area (Å²) in [6.45, 7) is 4.94. The molecule has 2 heterocycles. The monoisotopic (exact) mass is 415 g/mol. The van der Waals surface area contributed by atoms with Crippen molar-refractivity contribution in [2.45, 2.75) is 44.8 Å². The Morgan fingerprint density at radius 3 is 2.53 bits per heavy atom. The van der Waals surface area contributed by atoms with Crippen LogP contribution in [0.25, 0.3) is 0 Å². The molecular formula is C21H29N5O4. The molecule has 9 heteroatoms. The van der Waals surface area contributed by atoms with E-state index in [0.717, 1.165) is 6.42 Å². The zero-order valence-corrected chi connectivity index (χ0v) is 17.4. The topological polar surface area (TPSA) is 111 Å². The number of amides is 5. The van der Waals surface area contributed by atoms with Gasteiger partial charge in [0.25, 0.3) is 5.91 Å². The Labute approximate surface area is 176 Å². The first-order valence-corrected chi connectivity index (χ1v) is 10.4. The third kappa shape index (κ3) is 5.08. The summed E-state index contributed by atoms with van der Waals surface area (Å²) in [5, 5.41) is 8.34. The lowest BCUT2D eigenvalue weighted by Gasteiger charge is -2.41. The molecule has 2 atom stereocenters. The van der Waals surface area contributed by atoms with Crippen molar-refractivity contribution in [3.8, 4) is 0 Å². The van der Waals surface area contributed by atoms with Crippen molar-refractivity contribution in [3.05, 3.63) is 35.9 Å². The Morgan fingerprint density at radius 2 is 1.87 bits per heavy atom. The quantitative estimate of drug-likeness (QED) is 0.658. The smallest absolute Gasteiger partial charge is 0.317 e. The molecule has 2 aliphatic rings. The normalized spacial score (nSPS) is 21.8. The van der Waals surface area contributed by atoms with Crippen molar-refractivity contribution >= 4 is 23.8 Å². The molecule has 162 valence electrons. The van der Waals surface area contributed by atoms with Crippen molar-refractivity contribution < 1.29 is 19.2 Å². The largest absolute Gasteiger partial charge is 0.354 e. The van der Waals surface area contributed by atoms with Crippen molar-refractivity contribution in [2.24, 2.45) is 0 Å². The number of piperidine rings is 1. The van der Waals surface area contributed by atoms with Crippen LogP contribution in [0.1, 0.15) is 37.0 Å². The Balaban J connectivity index is 1.78. The van der Waals surface area contributed by atoms with E-state index in [2.05, 4.69) is 16.0 Å². The van der Waals surface area contributed by atoms with Gasteiger partial charge in [0.05, 0.1) is 6.54 Å². The lowest BCUT2D eigenvalue weighted by Crippen LogP contribution is -2.64. The molecule has 3 N–H and O–H groups in total. The number of hydrogen-bond acceptors (Lipinski definition) is 4. The Morgan fingerprint density at radius 1 is 1.13 bits per heavy atom. The highest BCUT2D eigenvalue weighted by molar-refractivity contribution is 5.99. The van der Waals surface area contributed by atoms with Gasteiger partial charge in [0.15, 0.2) is 0 Å². The van der Waals surface area contributed by atoms with Crippen molar-refractivity contribution in [3.63, 3.8) is 0 Å². The van der Waals surface area contributed by atoms with E-state index < -0.39 is 18.0 Å². The van der Waals surface area contributed by atoms with Gasteiger partial charge in [-0.2, -0.15) is 0 Å². The van der Waals surface area contributed by atoms with Crippen LogP contribution in [0.15, 0.2) is 30.3 Å². The van der Waals surface area contributed by atoms with Gasteiger partial charge in [0, 0.05) is 31.2 Å². The molecule has 0 aromatic heterocycles. The zero-order chi connectivity index (χ0) is 21.7.